The van der Waals surface area contributed by atoms with Crippen LogP contribution in [0.3, 0.4) is 0 Å². The molecule has 5 heteroatoms. The van der Waals surface area contributed by atoms with E-state index in [1.165, 1.54) is 0 Å². The number of para-hydroxylation sites is 1. The number of nitrogens with zero attached hydrogens (tertiary/aromatic N) is 1. The third-order valence-corrected chi connectivity index (χ3v) is 5.93. The molecule has 150 valence electrons. The fraction of sp³-hybridized carbons (Fsp3) is 0.435. The van der Waals surface area contributed by atoms with Crippen LogP contribution in [0.25, 0.3) is 0 Å². The van der Waals surface area contributed by atoms with Crippen molar-refractivity contribution in [3.05, 3.63) is 65.2 Å². The summed E-state index contributed by atoms with van der Waals surface area (Å²) in [7, 11) is 0. The molecule has 1 aliphatic heterocycles. The molecule has 3 rings (SSSR count). The molecule has 2 aromatic carbocycles. The zero-order valence-corrected chi connectivity index (χ0v) is 16.9. The first kappa shape index (κ1) is 20.7. The summed E-state index contributed by atoms with van der Waals surface area (Å²) in [6, 6.07) is 17.3. The van der Waals surface area contributed by atoms with Gasteiger partial charge in [0.15, 0.2) is 0 Å². The Labute approximate surface area is 172 Å². The van der Waals surface area contributed by atoms with Gasteiger partial charge in [-0.3, -0.25) is 4.79 Å². The van der Waals surface area contributed by atoms with E-state index in [0.29, 0.717) is 31.0 Å². The Balaban J connectivity index is 1.53. The highest BCUT2D eigenvalue weighted by molar-refractivity contribution is 6.31. The SMILES string of the molecule is O=C(CCc1ccccc1Cl)N1CCCC(CO)(CCOc2ccccc2)C1. The molecule has 0 aromatic heterocycles. The summed E-state index contributed by atoms with van der Waals surface area (Å²) in [4.78, 5) is 14.7. The van der Waals surface area contributed by atoms with Gasteiger partial charge in [-0.25, -0.2) is 0 Å². The largest absolute Gasteiger partial charge is 0.494 e. The number of carbonyl (C=O) groups is 1. The first-order chi connectivity index (χ1) is 13.6. The lowest BCUT2D eigenvalue weighted by molar-refractivity contribution is -0.135. The number of halogens is 1. The van der Waals surface area contributed by atoms with E-state index >= 15 is 0 Å². The number of aliphatic hydroxyl groups excluding tert-OH is 1. The number of ether oxygens (including phenoxy) is 1. The van der Waals surface area contributed by atoms with Crippen LogP contribution in [0.1, 0.15) is 31.2 Å². The second-order valence-electron chi connectivity index (χ2n) is 7.58. The van der Waals surface area contributed by atoms with Crippen LogP contribution in [0.5, 0.6) is 5.75 Å². The van der Waals surface area contributed by atoms with E-state index in [1.807, 2.05) is 59.5 Å². The smallest absolute Gasteiger partial charge is 0.222 e. The molecule has 28 heavy (non-hydrogen) atoms. The second kappa shape index (κ2) is 9.94. The third-order valence-electron chi connectivity index (χ3n) is 5.56. The summed E-state index contributed by atoms with van der Waals surface area (Å²) in [5, 5.41) is 10.8. The van der Waals surface area contributed by atoms with Gasteiger partial charge in [0.05, 0.1) is 13.2 Å². The van der Waals surface area contributed by atoms with Gasteiger partial charge in [0.2, 0.25) is 5.91 Å². The monoisotopic (exact) mass is 401 g/mol. The molecular weight excluding hydrogens is 374 g/mol. The topological polar surface area (TPSA) is 49.8 Å². The van der Waals surface area contributed by atoms with Gasteiger partial charge in [0, 0.05) is 29.9 Å². The average Bonchev–Trinajstić information content (AvgIpc) is 2.74. The van der Waals surface area contributed by atoms with Crippen molar-refractivity contribution >= 4 is 17.5 Å². The fourth-order valence-electron chi connectivity index (χ4n) is 3.84. The first-order valence-electron chi connectivity index (χ1n) is 9.92. The Hall–Kier alpha value is -2.04. The van der Waals surface area contributed by atoms with Gasteiger partial charge in [0.25, 0.3) is 0 Å². The Morgan fingerprint density at radius 1 is 1.14 bits per heavy atom. The number of aliphatic hydroxyl groups is 1. The van der Waals surface area contributed by atoms with Gasteiger partial charge in [-0.2, -0.15) is 0 Å². The zero-order chi connectivity index (χ0) is 19.8. The van der Waals surface area contributed by atoms with Crippen LogP contribution in [0.15, 0.2) is 54.6 Å². The van der Waals surface area contributed by atoms with E-state index < -0.39 is 0 Å². The summed E-state index contributed by atoms with van der Waals surface area (Å²) in [6.45, 7) is 1.94. The Morgan fingerprint density at radius 3 is 2.64 bits per heavy atom. The average molecular weight is 402 g/mol. The minimum absolute atomic E-state index is 0.0689. The molecule has 0 radical (unpaired) electrons. The van der Waals surface area contributed by atoms with E-state index in [4.69, 9.17) is 16.3 Å². The minimum Gasteiger partial charge on any atom is -0.494 e. The van der Waals surface area contributed by atoms with Crippen LogP contribution >= 0.6 is 11.6 Å². The molecule has 1 unspecified atom stereocenters. The fourth-order valence-corrected chi connectivity index (χ4v) is 4.07. The molecule has 0 spiro atoms. The van der Waals surface area contributed by atoms with Crippen molar-refractivity contribution in [3.8, 4) is 5.75 Å². The van der Waals surface area contributed by atoms with Crippen molar-refractivity contribution in [3.63, 3.8) is 0 Å². The van der Waals surface area contributed by atoms with E-state index in [1.54, 1.807) is 0 Å². The van der Waals surface area contributed by atoms with Crippen molar-refractivity contribution in [2.75, 3.05) is 26.3 Å². The molecule has 1 fully saturated rings. The number of amides is 1. The van der Waals surface area contributed by atoms with Gasteiger partial charge in [-0.1, -0.05) is 48.0 Å². The van der Waals surface area contributed by atoms with Crippen molar-refractivity contribution in [1.29, 1.82) is 0 Å². The lowest BCUT2D eigenvalue weighted by Crippen LogP contribution is -2.48. The van der Waals surface area contributed by atoms with E-state index in [2.05, 4.69) is 0 Å². The maximum Gasteiger partial charge on any atom is 0.222 e. The molecule has 0 saturated carbocycles. The normalized spacial score (nSPS) is 19.4. The van der Waals surface area contributed by atoms with Gasteiger partial charge in [0.1, 0.15) is 5.75 Å². The number of carbonyl (C=O) groups excluding carboxylic acids is 1. The molecule has 1 N–H and O–H groups in total. The molecule has 1 aliphatic rings. The van der Waals surface area contributed by atoms with E-state index in [0.717, 1.165) is 37.1 Å². The van der Waals surface area contributed by atoms with Crippen molar-refractivity contribution in [1.82, 2.24) is 4.90 Å². The molecule has 4 nitrogen and oxygen atoms in total. The van der Waals surface area contributed by atoms with Crippen molar-refractivity contribution < 1.29 is 14.6 Å². The molecule has 1 saturated heterocycles. The number of aryl methyl sites for hydroxylation is 1. The van der Waals surface area contributed by atoms with Crippen LogP contribution in [-0.2, 0) is 11.2 Å². The van der Waals surface area contributed by atoms with Crippen LogP contribution in [0.4, 0.5) is 0 Å². The van der Waals surface area contributed by atoms with Crippen LogP contribution in [-0.4, -0.2) is 42.2 Å². The lowest BCUT2D eigenvalue weighted by atomic mass is 9.78. The highest BCUT2D eigenvalue weighted by Crippen LogP contribution is 2.33. The van der Waals surface area contributed by atoms with Crippen molar-refractivity contribution in [2.24, 2.45) is 5.41 Å². The summed E-state index contributed by atoms with van der Waals surface area (Å²) < 4.78 is 5.82. The number of piperidine rings is 1. The maximum absolute atomic E-state index is 12.8. The molecule has 0 aliphatic carbocycles. The molecule has 1 atom stereocenters. The lowest BCUT2D eigenvalue weighted by Gasteiger charge is -2.42. The van der Waals surface area contributed by atoms with Crippen LogP contribution in [0, 0.1) is 5.41 Å². The number of hydrogen-bond acceptors (Lipinski definition) is 3. The summed E-state index contributed by atoms with van der Waals surface area (Å²) >= 11 is 6.20. The standard InChI is InChI=1S/C23H28ClNO3/c24-21-10-5-4-7-19(21)11-12-22(27)25-15-6-13-23(17-25,18-26)14-16-28-20-8-2-1-3-9-20/h1-5,7-10,26H,6,11-18H2. The van der Waals surface area contributed by atoms with E-state index in [-0.39, 0.29) is 17.9 Å². The van der Waals surface area contributed by atoms with Gasteiger partial charge in [-0.15, -0.1) is 0 Å². The summed E-state index contributed by atoms with van der Waals surface area (Å²) in [5.74, 6) is 0.959. The van der Waals surface area contributed by atoms with E-state index in [9.17, 15) is 9.90 Å². The first-order valence-corrected chi connectivity index (χ1v) is 10.3. The summed E-state index contributed by atoms with van der Waals surface area (Å²) in [6.07, 6.45) is 3.62. The minimum atomic E-state index is -0.285. The molecule has 0 bridgehead atoms. The van der Waals surface area contributed by atoms with Crippen LogP contribution < -0.4 is 4.74 Å². The maximum atomic E-state index is 12.8. The predicted molar refractivity (Wildman–Crippen MR) is 112 cm³/mol. The number of likely N-dealkylation sites (tertiary alicyclic amines) is 1. The second-order valence-corrected chi connectivity index (χ2v) is 7.99. The molecule has 1 amide bonds. The highest BCUT2D eigenvalue weighted by atomic mass is 35.5. The Bertz CT molecular complexity index is 767. The molecule has 1 heterocycles. The zero-order valence-electron chi connectivity index (χ0n) is 16.1. The Morgan fingerprint density at radius 2 is 1.89 bits per heavy atom. The quantitative estimate of drug-likeness (QED) is 0.715. The Kier molecular flexibility index (Phi) is 7.35. The van der Waals surface area contributed by atoms with Crippen LogP contribution in [0.2, 0.25) is 5.02 Å². The number of hydrogen-bond donors (Lipinski definition) is 1. The third kappa shape index (κ3) is 5.49. The highest BCUT2D eigenvalue weighted by Gasteiger charge is 2.36. The van der Waals surface area contributed by atoms with Gasteiger partial charge >= 0.3 is 0 Å². The van der Waals surface area contributed by atoms with Crippen molar-refractivity contribution in [2.45, 2.75) is 32.1 Å². The number of benzene rings is 2. The number of rotatable bonds is 8. The molecular formula is C23H28ClNO3. The summed E-state index contributed by atoms with van der Waals surface area (Å²) in [5.41, 5.74) is 0.715. The molecule has 2 aromatic rings. The van der Waals surface area contributed by atoms with Gasteiger partial charge < -0.3 is 14.7 Å². The predicted octanol–water partition coefficient (Wildman–Crippen LogP) is 4.34. The van der Waals surface area contributed by atoms with Gasteiger partial charge in [-0.05, 0) is 49.4 Å².